The molecule has 0 spiro atoms. The van der Waals surface area contributed by atoms with E-state index in [1.165, 1.54) is 24.8 Å². The predicted molar refractivity (Wildman–Crippen MR) is 177 cm³/mol. The molecule has 0 heterocycles. The number of ketones is 2. The fourth-order valence-electron chi connectivity index (χ4n) is 5.70. The summed E-state index contributed by atoms with van der Waals surface area (Å²) in [5.41, 5.74) is 5.76. The molecule has 0 saturated heterocycles. The van der Waals surface area contributed by atoms with E-state index in [0.29, 0.717) is 52.1 Å². The van der Waals surface area contributed by atoms with Gasteiger partial charge in [-0.25, -0.2) is 0 Å². The van der Waals surface area contributed by atoms with Crippen LogP contribution in [0.25, 0.3) is 0 Å². The summed E-state index contributed by atoms with van der Waals surface area (Å²) in [6.07, 6.45) is 5.69. The lowest BCUT2D eigenvalue weighted by Crippen LogP contribution is -2.23. The maximum Gasteiger partial charge on any atom is 0.198 e. The molecule has 5 nitrogen and oxygen atoms in total. The molecule has 0 bridgehead atoms. The molecule has 0 radical (unpaired) electrons. The second-order valence-electron chi connectivity index (χ2n) is 11.6. The Kier molecular flexibility index (Phi) is 9.61. The van der Waals surface area contributed by atoms with Gasteiger partial charge >= 0.3 is 0 Å². The maximum atomic E-state index is 14.2. The van der Waals surface area contributed by atoms with Crippen molar-refractivity contribution in [3.63, 3.8) is 0 Å². The summed E-state index contributed by atoms with van der Waals surface area (Å²) < 4.78 is 6.16. The van der Waals surface area contributed by atoms with Gasteiger partial charge in [-0.3, -0.25) is 9.59 Å². The minimum absolute atomic E-state index is 0.153. The highest BCUT2D eigenvalue weighted by Gasteiger charge is 2.33. The number of hydrogen-bond donors (Lipinski definition) is 2. The van der Waals surface area contributed by atoms with Crippen LogP contribution >= 0.6 is 0 Å². The number of fused-ring (bicyclic) bond motifs is 2. The van der Waals surface area contributed by atoms with Crippen LogP contribution in [0.2, 0.25) is 0 Å². The molecule has 4 aromatic carbocycles. The predicted octanol–water partition coefficient (Wildman–Crippen LogP) is 10.1. The Morgan fingerprint density at radius 2 is 1.30 bits per heavy atom. The van der Waals surface area contributed by atoms with E-state index in [1.807, 2.05) is 60.7 Å². The second kappa shape index (κ2) is 13.7. The zero-order chi connectivity index (χ0) is 30.3. The smallest absolute Gasteiger partial charge is 0.198 e. The van der Waals surface area contributed by atoms with E-state index in [-0.39, 0.29) is 11.6 Å². The van der Waals surface area contributed by atoms with Crippen LogP contribution in [0.4, 0.5) is 22.7 Å². The summed E-state index contributed by atoms with van der Waals surface area (Å²) in [7, 11) is 0. The number of benzene rings is 4. The molecule has 0 fully saturated rings. The summed E-state index contributed by atoms with van der Waals surface area (Å²) in [4.78, 5) is 27.9. The van der Waals surface area contributed by atoms with Crippen LogP contribution in [-0.4, -0.2) is 18.2 Å². The van der Waals surface area contributed by atoms with Crippen molar-refractivity contribution in [2.45, 2.75) is 65.7 Å². The highest BCUT2D eigenvalue weighted by Crippen LogP contribution is 2.38. The number of rotatable bonds is 13. The average Bonchev–Trinajstić information content (AvgIpc) is 3.03. The lowest BCUT2D eigenvalue weighted by molar-refractivity contribution is 0.0980. The standard InChI is InChI=1S/C38H42N2O3/c1-5-8-13-26(7-3)24-43-30-17-10-16-29(23-30)40-34-21-12-19-32-36(34)38(42)35-31(37(32)41)18-11-20-33(35)39-28-15-9-14-27(22-28)25(4)6-2/h9-12,14-23,25-26,39-40H,5-8,13,24H2,1-4H3. The number of carbonyl (C=O) groups is 2. The van der Waals surface area contributed by atoms with Crippen molar-refractivity contribution >= 4 is 34.3 Å². The number of ether oxygens (including phenoxy) is 1. The second-order valence-corrected chi connectivity index (χ2v) is 11.6. The van der Waals surface area contributed by atoms with Gasteiger partial charge in [-0.05, 0) is 66.6 Å². The van der Waals surface area contributed by atoms with Crippen LogP contribution in [0.1, 0.15) is 103 Å². The summed E-state index contributed by atoms with van der Waals surface area (Å²) in [6, 6.07) is 26.9. The van der Waals surface area contributed by atoms with Crippen LogP contribution in [0.3, 0.4) is 0 Å². The highest BCUT2D eigenvalue weighted by atomic mass is 16.5. The van der Waals surface area contributed by atoms with Crippen molar-refractivity contribution in [1.82, 2.24) is 0 Å². The molecule has 5 heteroatoms. The van der Waals surface area contributed by atoms with Crippen LogP contribution in [0.15, 0.2) is 84.9 Å². The molecule has 0 aliphatic heterocycles. The van der Waals surface area contributed by atoms with Gasteiger partial charge in [0.2, 0.25) is 0 Å². The average molecular weight is 575 g/mol. The first-order chi connectivity index (χ1) is 20.9. The quantitative estimate of drug-likeness (QED) is 0.146. The Labute approximate surface area is 255 Å². The van der Waals surface area contributed by atoms with Crippen molar-refractivity contribution < 1.29 is 14.3 Å². The molecule has 43 heavy (non-hydrogen) atoms. The normalized spacial score (nSPS) is 13.6. The molecule has 222 valence electrons. The van der Waals surface area contributed by atoms with Crippen LogP contribution < -0.4 is 15.4 Å². The van der Waals surface area contributed by atoms with E-state index in [9.17, 15) is 9.59 Å². The van der Waals surface area contributed by atoms with Gasteiger partial charge in [0.05, 0.1) is 29.1 Å². The van der Waals surface area contributed by atoms with Gasteiger partial charge in [-0.15, -0.1) is 0 Å². The molecule has 0 amide bonds. The zero-order valence-electron chi connectivity index (χ0n) is 25.7. The first-order valence-electron chi connectivity index (χ1n) is 15.7. The van der Waals surface area contributed by atoms with E-state index >= 15 is 0 Å². The maximum absolute atomic E-state index is 14.2. The minimum Gasteiger partial charge on any atom is -0.493 e. The van der Waals surface area contributed by atoms with E-state index in [0.717, 1.165) is 30.0 Å². The number of carbonyl (C=O) groups excluding carboxylic acids is 2. The monoisotopic (exact) mass is 574 g/mol. The third kappa shape index (κ3) is 6.67. The summed E-state index contributed by atoms with van der Waals surface area (Å²) in [6.45, 7) is 9.48. The van der Waals surface area contributed by atoms with E-state index < -0.39 is 0 Å². The van der Waals surface area contributed by atoms with Gasteiger partial charge in [0.15, 0.2) is 11.6 Å². The molecule has 2 atom stereocenters. The number of anilines is 4. The van der Waals surface area contributed by atoms with Gasteiger partial charge in [-0.1, -0.05) is 89.4 Å². The zero-order valence-corrected chi connectivity index (χ0v) is 25.7. The Hall–Kier alpha value is -4.38. The summed E-state index contributed by atoms with van der Waals surface area (Å²) in [5, 5.41) is 6.85. The van der Waals surface area contributed by atoms with Gasteiger partial charge in [0, 0.05) is 28.6 Å². The molecule has 5 rings (SSSR count). The third-order valence-electron chi connectivity index (χ3n) is 8.56. The minimum atomic E-state index is -0.178. The summed E-state index contributed by atoms with van der Waals surface area (Å²) in [5.74, 6) is 1.40. The van der Waals surface area contributed by atoms with Crippen LogP contribution in [0, 0.1) is 5.92 Å². The Morgan fingerprint density at radius 3 is 1.91 bits per heavy atom. The Balaban J connectivity index is 1.42. The Bertz CT molecular complexity index is 1610. The lowest BCUT2D eigenvalue weighted by Gasteiger charge is -2.23. The van der Waals surface area contributed by atoms with Gasteiger partial charge in [-0.2, -0.15) is 0 Å². The molecular formula is C38H42N2O3. The molecule has 2 N–H and O–H groups in total. The Morgan fingerprint density at radius 1 is 0.698 bits per heavy atom. The molecule has 2 unspecified atom stereocenters. The SMILES string of the molecule is CCCCC(CC)COc1cccc(Nc2cccc3c2C(=O)c2c(Nc4cccc(C(C)CC)c4)cccc2C3=O)c1. The number of nitrogens with one attached hydrogen (secondary N) is 2. The van der Waals surface area contributed by atoms with E-state index in [4.69, 9.17) is 4.74 Å². The van der Waals surface area contributed by atoms with Gasteiger partial charge < -0.3 is 15.4 Å². The fraction of sp³-hybridized carbons (Fsp3) is 0.316. The molecule has 4 aromatic rings. The van der Waals surface area contributed by atoms with Crippen molar-refractivity contribution in [2.24, 2.45) is 5.92 Å². The first-order valence-corrected chi connectivity index (χ1v) is 15.7. The van der Waals surface area contributed by atoms with Crippen LogP contribution in [0.5, 0.6) is 5.75 Å². The first kappa shape index (κ1) is 30.1. The lowest BCUT2D eigenvalue weighted by atomic mass is 9.82. The van der Waals surface area contributed by atoms with Crippen molar-refractivity contribution in [3.8, 4) is 5.75 Å². The van der Waals surface area contributed by atoms with Crippen LogP contribution in [-0.2, 0) is 0 Å². The topological polar surface area (TPSA) is 67.4 Å². The molecule has 0 saturated carbocycles. The van der Waals surface area contributed by atoms with Crippen molar-refractivity contribution in [3.05, 3.63) is 113 Å². The van der Waals surface area contributed by atoms with E-state index in [1.54, 1.807) is 12.1 Å². The largest absolute Gasteiger partial charge is 0.493 e. The highest BCUT2D eigenvalue weighted by molar-refractivity contribution is 6.32. The van der Waals surface area contributed by atoms with Gasteiger partial charge in [0.1, 0.15) is 5.75 Å². The number of unbranched alkanes of at least 4 members (excludes halogenated alkanes) is 1. The number of hydrogen-bond acceptors (Lipinski definition) is 5. The van der Waals surface area contributed by atoms with Gasteiger partial charge in [0.25, 0.3) is 0 Å². The fourth-order valence-corrected chi connectivity index (χ4v) is 5.70. The van der Waals surface area contributed by atoms with Crippen molar-refractivity contribution in [2.75, 3.05) is 17.2 Å². The molecule has 1 aliphatic carbocycles. The summed E-state index contributed by atoms with van der Waals surface area (Å²) >= 11 is 0. The molecule has 1 aliphatic rings. The van der Waals surface area contributed by atoms with Crippen molar-refractivity contribution in [1.29, 1.82) is 0 Å². The van der Waals surface area contributed by atoms with E-state index in [2.05, 4.69) is 50.5 Å². The molecular weight excluding hydrogens is 532 g/mol. The molecule has 0 aromatic heterocycles. The third-order valence-corrected chi connectivity index (χ3v) is 8.56.